The third kappa shape index (κ3) is 5.24. The highest BCUT2D eigenvalue weighted by molar-refractivity contribution is 6.09. The van der Waals surface area contributed by atoms with Crippen molar-refractivity contribution in [2.45, 2.75) is 72.5 Å². The van der Waals surface area contributed by atoms with Gasteiger partial charge in [-0.25, -0.2) is 9.18 Å². The molecule has 2 aliphatic rings. The highest BCUT2D eigenvalue weighted by Crippen LogP contribution is 2.48. The van der Waals surface area contributed by atoms with E-state index in [0.29, 0.717) is 65.2 Å². The van der Waals surface area contributed by atoms with Crippen LogP contribution in [0.2, 0.25) is 0 Å². The number of aryl methyl sites for hydroxylation is 2. The van der Waals surface area contributed by atoms with E-state index in [-0.39, 0.29) is 11.7 Å². The second-order valence-corrected chi connectivity index (χ2v) is 12.1. The summed E-state index contributed by atoms with van der Waals surface area (Å²) in [6.07, 6.45) is 0.616. The van der Waals surface area contributed by atoms with Gasteiger partial charge in [0.2, 0.25) is 0 Å². The summed E-state index contributed by atoms with van der Waals surface area (Å²) in [7, 11) is 1.58. The minimum absolute atomic E-state index is 0.158. The van der Waals surface area contributed by atoms with Gasteiger partial charge in [0.1, 0.15) is 5.75 Å². The van der Waals surface area contributed by atoms with Crippen molar-refractivity contribution >= 4 is 17.6 Å². The minimum Gasteiger partial charge on any atom is -0.497 e. The molecule has 0 saturated heterocycles. The molecule has 3 aromatic rings. The Labute approximate surface area is 246 Å². The number of ether oxygens (including phenoxy) is 3. The Morgan fingerprint density at radius 1 is 1.05 bits per heavy atom. The molecular formula is C34H38FNO6. The molecule has 3 aromatic carbocycles. The first-order valence-electron chi connectivity index (χ1n) is 14.3. The van der Waals surface area contributed by atoms with Gasteiger partial charge in [0, 0.05) is 28.9 Å². The quantitative estimate of drug-likeness (QED) is 0.344. The van der Waals surface area contributed by atoms with Crippen LogP contribution in [0.1, 0.15) is 77.0 Å². The third-order valence-corrected chi connectivity index (χ3v) is 8.11. The molecule has 2 heterocycles. The van der Waals surface area contributed by atoms with Crippen molar-refractivity contribution in [3.8, 4) is 22.6 Å². The molecule has 1 N–H and O–H groups in total. The number of aliphatic carboxylic acids is 1. The Bertz CT molecular complexity index is 1590. The lowest BCUT2D eigenvalue weighted by molar-refractivity contribution is -0.160. The number of anilines is 1. The molecule has 42 heavy (non-hydrogen) atoms. The number of carboxylic acids is 1. The Balaban J connectivity index is 1.76. The average molecular weight is 576 g/mol. The molecule has 1 atom stereocenters. The minimum atomic E-state index is -1.30. The summed E-state index contributed by atoms with van der Waals surface area (Å²) in [5, 5.41) is 10.4. The fourth-order valence-electron chi connectivity index (χ4n) is 6.20. The summed E-state index contributed by atoms with van der Waals surface area (Å²) in [6, 6.07) is 8.67. The summed E-state index contributed by atoms with van der Waals surface area (Å²) < 4.78 is 32.8. The van der Waals surface area contributed by atoms with Gasteiger partial charge in [0.15, 0.2) is 17.7 Å². The van der Waals surface area contributed by atoms with Gasteiger partial charge in [-0.15, -0.1) is 0 Å². The van der Waals surface area contributed by atoms with Crippen LogP contribution in [-0.4, -0.2) is 42.8 Å². The maximum Gasteiger partial charge on any atom is 0.337 e. The van der Waals surface area contributed by atoms with E-state index in [0.717, 1.165) is 28.7 Å². The van der Waals surface area contributed by atoms with Gasteiger partial charge in [-0.2, -0.15) is 0 Å². The van der Waals surface area contributed by atoms with Crippen LogP contribution in [0.4, 0.5) is 10.1 Å². The van der Waals surface area contributed by atoms with E-state index >= 15 is 4.39 Å². The van der Waals surface area contributed by atoms with E-state index in [1.54, 1.807) is 24.1 Å². The number of hydrogen-bond donors (Lipinski definition) is 1. The maximum absolute atomic E-state index is 15.6. The van der Waals surface area contributed by atoms with Crippen molar-refractivity contribution in [3.05, 3.63) is 75.1 Å². The van der Waals surface area contributed by atoms with E-state index in [1.165, 1.54) is 6.07 Å². The Morgan fingerprint density at radius 3 is 2.43 bits per heavy atom. The van der Waals surface area contributed by atoms with E-state index in [9.17, 15) is 14.7 Å². The zero-order chi connectivity index (χ0) is 30.5. The van der Waals surface area contributed by atoms with Crippen LogP contribution >= 0.6 is 0 Å². The smallest absolute Gasteiger partial charge is 0.337 e. The first kappa shape index (κ1) is 29.6. The van der Waals surface area contributed by atoms with Crippen LogP contribution in [0.25, 0.3) is 11.1 Å². The predicted molar refractivity (Wildman–Crippen MR) is 159 cm³/mol. The van der Waals surface area contributed by atoms with E-state index in [4.69, 9.17) is 14.2 Å². The molecule has 5 rings (SSSR count). The van der Waals surface area contributed by atoms with Gasteiger partial charge >= 0.3 is 5.97 Å². The number of carboxylic acid groups (broad SMARTS) is 1. The molecule has 1 unspecified atom stereocenters. The SMILES string of the molecule is COc1ccc(C(=O)N2CCc3c2cc(C)c(C(OC(C)(C)C)C(=O)O)c3-c2cc(F)c3c(c2C)CCCO3)c(C)c1. The summed E-state index contributed by atoms with van der Waals surface area (Å²) in [5.74, 6) is -0.834. The first-order chi connectivity index (χ1) is 19.8. The van der Waals surface area contributed by atoms with Crippen molar-refractivity contribution in [3.63, 3.8) is 0 Å². The van der Waals surface area contributed by atoms with Crippen LogP contribution in [0.3, 0.4) is 0 Å². The molecule has 0 fully saturated rings. The lowest BCUT2D eigenvalue weighted by atomic mass is 9.83. The van der Waals surface area contributed by atoms with Crippen molar-refractivity contribution in [2.75, 3.05) is 25.2 Å². The van der Waals surface area contributed by atoms with Crippen molar-refractivity contribution < 1.29 is 33.3 Å². The van der Waals surface area contributed by atoms with Crippen LogP contribution in [-0.2, 0) is 22.4 Å². The van der Waals surface area contributed by atoms with Gasteiger partial charge < -0.3 is 24.2 Å². The molecule has 0 aromatic heterocycles. The zero-order valence-electron chi connectivity index (χ0n) is 25.3. The normalized spacial score (nSPS) is 15.1. The van der Waals surface area contributed by atoms with E-state index in [1.807, 2.05) is 53.7 Å². The molecular weight excluding hydrogens is 537 g/mol. The molecule has 7 nitrogen and oxygen atoms in total. The number of amides is 1. The molecule has 0 spiro atoms. The molecule has 0 saturated carbocycles. The second kappa shape index (κ2) is 11.1. The highest BCUT2D eigenvalue weighted by Gasteiger charge is 2.37. The van der Waals surface area contributed by atoms with E-state index in [2.05, 4.69) is 0 Å². The Morgan fingerprint density at radius 2 is 1.79 bits per heavy atom. The molecule has 0 aliphatic carbocycles. The molecule has 1 amide bonds. The van der Waals surface area contributed by atoms with Crippen molar-refractivity contribution in [1.82, 2.24) is 0 Å². The predicted octanol–water partition coefficient (Wildman–Crippen LogP) is 6.90. The lowest BCUT2D eigenvalue weighted by Gasteiger charge is -2.30. The fraction of sp³-hybridized carbons (Fsp3) is 0.412. The Hall–Kier alpha value is -3.91. The van der Waals surface area contributed by atoms with Crippen LogP contribution in [0.15, 0.2) is 30.3 Å². The number of methoxy groups -OCH3 is 1. The molecule has 2 aliphatic heterocycles. The number of hydrogen-bond acceptors (Lipinski definition) is 5. The molecule has 222 valence electrons. The lowest BCUT2D eigenvalue weighted by Crippen LogP contribution is -2.30. The number of nitrogens with zero attached hydrogens (tertiary/aromatic N) is 1. The number of carbonyl (C=O) groups is 2. The number of halogens is 1. The summed E-state index contributed by atoms with van der Waals surface area (Å²) in [6.45, 7) is 11.9. The van der Waals surface area contributed by atoms with Crippen LogP contribution < -0.4 is 14.4 Å². The number of benzene rings is 3. The summed E-state index contributed by atoms with van der Waals surface area (Å²) in [5.41, 5.74) is 6.07. The standard InChI is InChI=1S/C34H38FNO6/c1-18-15-21(40-7)10-11-22(18)32(37)36-13-12-24-27(36)16-19(2)28(31(33(38)39)42-34(4,5)6)29(24)25-17-26(35)30-23(20(25)3)9-8-14-41-30/h10-11,15-17,31H,8-9,12-14H2,1-7H3,(H,38,39). The highest BCUT2D eigenvalue weighted by atomic mass is 19.1. The fourth-order valence-corrected chi connectivity index (χ4v) is 6.20. The molecule has 0 bridgehead atoms. The van der Waals surface area contributed by atoms with E-state index < -0.39 is 23.5 Å². The molecule has 0 radical (unpaired) electrons. The van der Waals surface area contributed by atoms with Gasteiger partial charge in [-0.05, 0) is 125 Å². The average Bonchev–Trinajstić information content (AvgIpc) is 3.35. The number of fused-ring (bicyclic) bond motifs is 2. The number of rotatable bonds is 6. The van der Waals surface area contributed by atoms with Crippen LogP contribution in [0, 0.1) is 26.6 Å². The zero-order valence-corrected chi connectivity index (χ0v) is 25.3. The van der Waals surface area contributed by atoms with Gasteiger partial charge in [-0.3, -0.25) is 4.79 Å². The first-order valence-corrected chi connectivity index (χ1v) is 14.3. The van der Waals surface area contributed by atoms with Gasteiger partial charge in [0.05, 0.1) is 19.3 Å². The molecule has 8 heteroatoms. The monoisotopic (exact) mass is 575 g/mol. The largest absolute Gasteiger partial charge is 0.497 e. The topological polar surface area (TPSA) is 85.3 Å². The van der Waals surface area contributed by atoms with Gasteiger partial charge in [-0.1, -0.05) is 0 Å². The third-order valence-electron chi connectivity index (χ3n) is 8.11. The summed E-state index contributed by atoms with van der Waals surface area (Å²) in [4.78, 5) is 28.4. The van der Waals surface area contributed by atoms with Gasteiger partial charge in [0.25, 0.3) is 5.91 Å². The number of carbonyl (C=O) groups excluding carboxylic acids is 1. The summed E-state index contributed by atoms with van der Waals surface area (Å²) >= 11 is 0. The maximum atomic E-state index is 15.6. The second-order valence-electron chi connectivity index (χ2n) is 12.1. The van der Waals surface area contributed by atoms with Crippen LogP contribution in [0.5, 0.6) is 11.5 Å². The Kier molecular flexibility index (Phi) is 7.79. The van der Waals surface area contributed by atoms with Crippen molar-refractivity contribution in [1.29, 1.82) is 0 Å². The van der Waals surface area contributed by atoms with Crippen molar-refractivity contribution in [2.24, 2.45) is 0 Å².